The highest BCUT2D eigenvalue weighted by molar-refractivity contribution is 5.98. The summed E-state index contributed by atoms with van der Waals surface area (Å²) in [6, 6.07) is 16.9. The topological polar surface area (TPSA) is 76.4 Å². The lowest BCUT2D eigenvalue weighted by atomic mass is 10.1. The predicted molar refractivity (Wildman–Crippen MR) is 88.1 cm³/mol. The highest BCUT2D eigenvalue weighted by atomic mass is 16.5. The molecule has 0 atom stereocenters. The lowest BCUT2D eigenvalue weighted by Gasteiger charge is -2.05. The zero-order chi connectivity index (χ0) is 17.4. The van der Waals surface area contributed by atoms with E-state index in [1.54, 1.807) is 67.6 Å². The van der Waals surface area contributed by atoms with Gasteiger partial charge in [0, 0.05) is 0 Å². The normalized spacial score (nSPS) is 10.6. The van der Waals surface area contributed by atoms with Crippen molar-refractivity contribution in [3.8, 4) is 11.8 Å². The van der Waals surface area contributed by atoms with E-state index in [4.69, 9.17) is 14.7 Å². The van der Waals surface area contributed by atoms with Crippen molar-refractivity contribution in [3.63, 3.8) is 0 Å². The average molecular weight is 321 g/mol. The monoisotopic (exact) mass is 321 g/mol. The van der Waals surface area contributed by atoms with Crippen LogP contribution in [0.2, 0.25) is 0 Å². The molecule has 5 heteroatoms. The number of carbonyl (C=O) groups is 2. The second-order valence-electron chi connectivity index (χ2n) is 4.72. The highest BCUT2D eigenvalue weighted by Crippen LogP contribution is 2.18. The summed E-state index contributed by atoms with van der Waals surface area (Å²) in [5, 5.41) is 9.04. The molecule has 24 heavy (non-hydrogen) atoms. The molecule has 0 saturated heterocycles. The number of esters is 2. The first-order chi connectivity index (χ1) is 11.6. The SMILES string of the molecule is CCOC(=O)/C(C#N)=C\c1cccc(OC(=O)c2ccccc2)c1. The molecule has 0 aliphatic rings. The summed E-state index contributed by atoms with van der Waals surface area (Å²) >= 11 is 0. The first-order valence-electron chi connectivity index (χ1n) is 7.30. The van der Waals surface area contributed by atoms with Crippen LogP contribution in [0.1, 0.15) is 22.8 Å². The second-order valence-corrected chi connectivity index (χ2v) is 4.72. The summed E-state index contributed by atoms with van der Waals surface area (Å²) in [5.41, 5.74) is 0.865. The lowest BCUT2D eigenvalue weighted by Crippen LogP contribution is -2.08. The average Bonchev–Trinajstić information content (AvgIpc) is 2.61. The van der Waals surface area contributed by atoms with Gasteiger partial charge in [-0.05, 0) is 42.8 Å². The molecule has 2 rings (SSSR count). The van der Waals surface area contributed by atoms with Crippen LogP contribution in [-0.2, 0) is 9.53 Å². The number of carbonyl (C=O) groups excluding carboxylic acids is 2. The first kappa shape index (κ1) is 17.0. The molecule has 0 fully saturated rings. The maximum atomic E-state index is 12.0. The van der Waals surface area contributed by atoms with E-state index in [9.17, 15) is 9.59 Å². The Morgan fingerprint density at radius 1 is 1.12 bits per heavy atom. The molecule has 5 nitrogen and oxygen atoms in total. The Morgan fingerprint density at radius 2 is 1.88 bits per heavy atom. The van der Waals surface area contributed by atoms with Crippen LogP contribution in [0.25, 0.3) is 6.08 Å². The molecule has 0 amide bonds. The fourth-order valence-corrected chi connectivity index (χ4v) is 1.92. The van der Waals surface area contributed by atoms with Gasteiger partial charge in [-0.1, -0.05) is 30.3 Å². The molecule has 2 aromatic rings. The predicted octanol–water partition coefficient (Wildman–Crippen LogP) is 3.38. The quantitative estimate of drug-likeness (QED) is 0.365. The standard InChI is InChI=1S/C19H15NO4/c1-2-23-18(21)16(13-20)11-14-7-6-10-17(12-14)24-19(22)15-8-4-3-5-9-15/h3-12H,2H2,1H3/b16-11-. The van der Waals surface area contributed by atoms with E-state index in [1.807, 2.05) is 0 Å². The number of rotatable bonds is 5. The summed E-state index contributed by atoms with van der Waals surface area (Å²) in [4.78, 5) is 23.7. The van der Waals surface area contributed by atoms with Gasteiger partial charge in [0.25, 0.3) is 0 Å². The number of benzene rings is 2. The zero-order valence-corrected chi connectivity index (χ0v) is 13.1. The van der Waals surface area contributed by atoms with E-state index in [-0.39, 0.29) is 12.2 Å². The van der Waals surface area contributed by atoms with Gasteiger partial charge in [0.05, 0.1) is 12.2 Å². The van der Waals surface area contributed by atoms with Crippen LogP contribution in [0, 0.1) is 11.3 Å². The Hall–Kier alpha value is -3.39. The largest absolute Gasteiger partial charge is 0.462 e. The summed E-state index contributed by atoms with van der Waals surface area (Å²) in [5.74, 6) is -0.854. The summed E-state index contributed by atoms with van der Waals surface area (Å²) in [6.45, 7) is 1.85. The number of nitriles is 1. The fourth-order valence-electron chi connectivity index (χ4n) is 1.92. The Kier molecular flexibility index (Phi) is 5.87. The van der Waals surface area contributed by atoms with Gasteiger partial charge in [0.1, 0.15) is 17.4 Å². The summed E-state index contributed by atoms with van der Waals surface area (Å²) in [7, 11) is 0. The molecule has 0 aromatic heterocycles. The van der Waals surface area contributed by atoms with E-state index in [1.165, 1.54) is 6.08 Å². The third-order valence-electron chi connectivity index (χ3n) is 3.00. The third kappa shape index (κ3) is 4.55. The van der Waals surface area contributed by atoms with Gasteiger partial charge in [-0.3, -0.25) is 0 Å². The molecule has 0 N–H and O–H groups in total. The van der Waals surface area contributed by atoms with Crippen molar-refractivity contribution in [1.29, 1.82) is 5.26 Å². The van der Waals surface area contributed by atoms with Gasteiger partial charge in [-0.15, -0.1) is 0 Å². The highest BCUT2D eigenvalue weighted by Gasteiger charge is 2.11. The minimum atomic E-state index is -0.688. The van der Waals surface area contributed by atoms with E-state index < -0.39 is 11.9 Å². The molecular weight excluding hydrogens is 306 g/mol. The molecule has 2 aromatic carbocycles. The second kappa shape index (κ2) is 8.30. The van der Waals surface area contributed by atoms with Crippen molar-refractivity contribution >= 4 is 18.0 Å². The Bertz CT molecular complexity index is 804. The van der Waals surface area contributed by atoms with Crippen molar-refractivity contribution in [2.24, 2.45) is 0 Å². The number of hydrogen-bond acceptors (Lipinski definition) is 5. The molecule has 0 radical (unpaired) electrons. The van der Waals surface area contributed by atoms with Gasteiger partial charge in [-0.25, -0.2) is 9.59 Å². The molecule has 0 spiro atoms. The molecular formula is C19H15NO4. The van der Waals surface area contributed by atoms with Crippen LogP contribution in [0.5, 0.6) is 5.75 Å². The third-order valence-corrected chi connectivity index (χ3v) is 3.00. The van der Waals surface area contributed by atoms with Crippen molar-refractivity contribution in [3.05, 3.63) is 71.3 Å². The number of hydrogen-bond donors (Lipinski definition) is 0. The molecule has 0 unspecified atom stereocenters. The van der Waals surface area contributed by atoms with Crippen molar-refractivity contribution in [2.45, 2.75) is 6.92 Å². The first-order valence-corrected chi connectivity index (χ1v) is 7.30. The van der Waals surface area contributed by atoms with Gasteiger partial charge in [0.2, 0.25) is 0 Å². The van der Waals surface area contributed by atoms with Crippen LogP contribution in [-0.4, -0.2) is 18.5 Å². The van der Waals surface area contributed by atoms with E-state index in [0.29, 0.717) is 16.9 Å². The van der Waals surface area contributed by atoms with Crippen LogP contribution >= 0.6 is 0 Å². The van der Waals surface area contributed by atoms with Gasteiger partial charge in [0.15, 0.2) is 0 Å². The van der Waals surface area contributed by atoms with Crippen LogP contribution in [0.15, 0.2) is 60.2 Å². The van der Waals surface area contributed by atoms with Crippen molar-refractivity contribution in [2.75, 3.05) is 6.61 Å². The Labute approximate surface area is 139 Å². The van der Waals surface area contributed by atoms with Gasteiger partial charge < -0.3 is 9.47 Å². The zero-order valence-electron chi connectivity index (χ0n) is 13.1. The maximum absolute atomic E-state index is 12.0. The minimum Gasteiger partial charge on any atom is -0.462 e. The molecule has 0 saturated carbocycles. The summed E-state index contributed by atoms with van der Waals surface area (Å²) in [6.07, 6.45) is 1.39. The molecule has 0 aliphatic carbocycles. The van der Waals surface area contributed by atoms with Crippen molar-refractivity contribution < 1.29 is 19.1 Å². The molecule has 120 valence electrons. The van der Waals surface area contributed by atoms with E-state index >= 15 is 0 Å². The van der Waals surface area contributed by atoms with Crippen molar-refractivity contribution in [1.82, 2.24) is 0 Å². The van der Waals surface area contributed by atoms with Crippen LogP contribution < -0.4 is 4.74 Å². The summed E-state index contributed by atoms with van der Waals surface area (Å²) < 4.78 is 10.1. The molecule has 0 bridgehead atoms. The minimum absolute atomic E-state index is 0.122. The van der Waals surface area contributed by atoms with Gasteiger partial charge in [-0.2, -0.15) is 5.26 Å². The van der Waals surface area contributed by atoms with Gasteiger partial charge >= 0.3 is 11.9 Å². The molecule has 0 aliphatic heterocycles. The smallest absolute Gasteiger partial charge is 0.348 e. The lowest BCUT2D eigenvalue weighted by molar-refractivity contribution is -0.137. The number of ether oxygens (including phenoxy) is 2. The number of nitrogens with zero attached hydrogens (tertiary/aromatic N) is 1. The van der Waals surface area contributed by atoms with E-state index in [0.717, 1.165) is 0 Å². The van der Waals surface area contributed by atoms with Crippen LogP contribution in [0.4, 0.5) is 0 Å². The van der Waals surface area contributed by atoms with Crippen LogP contribution in [0.3, 0.4) is 0 Å². The maximum Gasteiger partial charge on any atom is 0.348 e. The fraction of sp³-hybridized carbons (Fsp3) is 0.105. The Morgan fingerprint density at radius 3 is 2.54 bits per heavy atom. The van der Waals surface area contributed by atoms with E-state index in [2.05, 4.69) is 0 Å². The Balaban J connectivity index is 2.18. The molecule has 0 heterocycles.